The largest absolute Gasteiger partial charge is 0.492 e. The molecule has 0 aliphatic rings. The number of amides is 1. The van der Waals surface area contributed by atoms with Crippen molar-refractivity contribution in [3.05, 3.63) is 60.0 Å². The summed E-state index contributed by atoms with van der Waals surface area (Å²) in [6, 6.07) is 13.0. The molecule has 3 aromatic rings. The molecular weight excluding hydrogens is 350 g/mol. The fourth-order valence-corrected chi connectivity index (χ4v) is 3.03. The van der Waals surface area contributed by atoms with Gasteiger partial charge in [-0.15, -0.1) is 11.8 Å². The van der Waals surface area contributed by atoms with Crippen LogP contribution < -0.4 is 10.1 Å². The minimum Gasteiger partial charge on any atom is -0.492 e. The first-order chi connectivity index (χ1) is 12.7. The molecule has 0 unspecified atom stereocenters. The van der Waals surface area contributed by atoms with E-state index in [1.54, 1.807) is 25.3 Å². The van der Waals surface area contributed by atoms with Gasteiger partial charge < -0.3 is 14.5 Å². The third kappa shape index (κ3) is 4.23. The molecule has 0 saturated carbocycles. The van der Waals surface area contributed by atoms with Gasteiger partial charge in [-0.1, -0.05) is 18.2 Å². The number of para-hydroxylation sites is 1. The standard InChI is InChI=1S/C19H19N3O3S/c1-13-16(18(23)20-10-12-24-14-7-4-3-5-8-14)19(26-2)22-17(21-13)15-9-6-11-25-15/h3-9,11H,10,12H2,1-2H3,(H,20,23). The number of hydrogen-bond acceptors (Lipinski definition) is 6. The Morgan fingerprint density at radius 1 is 1.19 bits per heavy atom. The van der Waals surface area contributed by atoms with Gasteiger partial charge in [-0.3, -0.25) is 4.79 Å². The third-order valence-electron chi connectivity index (χ3n) is 3.62. The molecule has 0 radical (unpaired) electrons. The molecule has 134 valence electrons. The maximum Gasteiger partial charge on any atom is 0.256 e. The first-order valence-corrected chi connectivity index (χ1v) is 9.34. The van der Waals surface area contributed by atoms with Crippen molar-refractivity contribution in [2.24, 2.45) is 0 Å². The Morgan fingerprint density at radius 3 is 2.69 bits per heavy atom. The van der Waals surface area contributed by atoms with Gasteiger partial charge in [-0.2, -0.15) is 0 Å². The number of aromatic nitrogens is 2. The first kappa shape index (κ1) is 18.0. The van der Waals surface area contributed by atoms with Crippen LogP contribution in [0.5, 0.6) is 5.75 Å². The number of nitrogens with zero attached hydrogens (tertiary/aromatic N) is 2. The third-order valence-corrected chi connectivity index (χ3v) is 4.30. The van der Waals surface area contributed by atoms with Crippen LogP contribution in [0.1, 0.15) is 16.1 Å². The lowest BCUT2D eigenvalue weighted by atomic mass is 10.2. The van der Waals surface area contributed by atoms with Gasteiger partial charge in [-0.05, 0) is 37.4 Å². The van der Waals surface area contributed by atoms with Crippen LogP contribution in [0.4, 0.5) is 0 Å². The molecular formula is C19H19N3O3S. The Balaban J connectivity index is 1.66. The van der Waals surface area contributed by atoms with Gasteiger partial charge in [0.2, 0.25) is 0 Å². The Labute approximate surface area is 156 Å². The molecule has 0 bridgehead atoms. The number of nitrogens with one attached hydrogen (secondary N) is 1. The molecule has 0 spiro atoms. The Hall–Kier alpha value is -2.80. The summed E-state index contributed by atoms with van der Waals surface area (Å²) in [5.41, 5.74) is 1.09. The second-order valence-corrected chi connectivity index (χ2v) is 6.21. The van der Waals surface area contributed by atoms with E-state index in [9.17, 15) is 4.79 Å². The van der Waals surface area contributed by atoms with Crippen LogP contribution in [0, 0.1) is 6.92 Å². The Bertz CT molecular complexity index is 867. The Morgan fingerprint density at radius 2 is 2.00 bits per heavy atom. The van der Waals surface area contributed by atoms with Crippen molar-refractivity contribution in [3.63, 3.8) is 0 Å². The van der Waals surface area contributed by atoms with Gasteiger partial charge in [0.25, 0.3) is 5.91 Å². The van der Waals surface area contributed by atoms with Crippen molar-refractivity contribution in [2.75, 3.05) is 19.4 Å². The van der Waals surface area contributed by atoms with Crippen LogP contribution in [0.15, 0.2) is 58.2 Å². The zero-order chi connectivity index (χ0) is 18.4. The van der Waals surface area contributed by atoms with Crippen LogP contribution in [0.25, 0.3) is 11.6 Å². The van der Waals surface area contributed by atoms with E-state index in [4.69, 9.17) is 9.15 Å². The minimum absolute atomic E-state index is 0.213. The van der Waals surface area contributed by atoms with Crippen LogP contribution in [-0.4, -0.2) is 35.3 Å². The lowest BCUT2D eigenvalue weighted by molar-refractivity contribution is 0.0942. The van der Waals surface area contributed by atoms with Crippen molar-refractivity contribution < 1.29 is 13.9 Å². The quantitative estimate of drug-likeness (QED) is 0.390. The molecule has 2 aromatic heterocycles. The number of thioether (sulfide) groups is 1. The number of ether oxygens (including phenoxy) is 1. The second kappa shape index (κ2) is 8.53. The summed E-state index contributed by atoms with van der Waals surface area (Å²) >= 11 is 1.40. The molecule has 26 heavy (non-hydrogen) atoms. The van der Waals surface area contributed by atoms with E-state index in [-0.39, 0.29) is 5.91 Å². The van der Waals surface area contributed by atoms with Gasteiger partial charge in [0.1, 0.15) is 17.4 Å². The van der Waals surface area contributed by atoms with Gasteiger partial charge in [0.05, 0.1) is 24.1 Å². The summed E-state index contributed by atoms with van der Waals surface area (Å²) in [5.74, 6) is 1.61. The number of benzene rings is 1. The lowest BCUT2D eigenvalue weighted by Gasteiger charge is -2.12. The van der Waals surface area contributed by atoms with Crippen LogP contribution in [0.2, 0.25) is 0 Å². The van der Waals surface area contributed by atoms with Crippen molar-refractivity contribution >= 4 is 17.7 Å². The molecule has 7 heteroatoms. The highest BCUT2D eigenvalue weighted by Gasteiger charge is 2.19. The minimum atomic E-state index is -0.213. The summed E-state index contributed by atoms with van der Waals surface area (Å²) < 4.78 is 10.9. The summed E-state index contributed by atoms with van der Waals surface area (Å²) in [5, 5.41) is 3.47. The van der Waals surface area contributed by atoms with Crippen molar-refractivity contribution in [2.45, 2.75) is 11.9 Å². The van der Waals surface area contributed by atoms with Gasteiger partial charge in [0.15, 0.2) is 11.6 Å². The normalized spacial score (nSPS) is 10.5. The zero-order valence-corrected chi connectivity index (χ0v) is 15.4. The molecule has 3 rings (SSSR count). The fraction of sp³-hybridized carbons (Fsp3) is 0.211. The van der Waals surface area contributed by atoms with Crippen molar-refractivity contribution in [1.29, 1.82) is 0 Å². The van der Waals surface area contributed by atoms with Gasteiger partial charge >= 0.3 is 0 Å². The van der Waals surface area contributed by atoms with Crippen molar-refractivity contribution in [1.82, 2.24) is 15.3 Å². The first-order valence-electron chi connectivity index (χ1n) is 8.11. The summed E-state index contributed by atoms with van der Waals surface area (Å²) in [6.07, 6.45) is 3.45. The monoisotopic (exact) mass is 369 g/mol. The van der Waals surface area contributed by atoms with E-state index < -0.39 is 0 Å². The molecule has 1 amide bonds. The molecule has 0 saturated heterocycles. The second-order valence-electron chi connectivity index (χ2n) is 5.41. The SMILES string of the molecule is CSc1nc(-c2ccco2)nc(C)c1C(=O)NCCOc1ccccc1. The van der Waals surface area contributed by atoms with E-state index >= 15 is 0 Å². The van der Waals surface area contributed by atoms with E-state index in [0.717, 1.165) is 5.75 Å². The van der Waals surface area contributed by atoms with E-state index in [0.29, 0.717) is 41.0 Å². The van der Waals surface area contributed by atoms with E-state index in [1.165, 1.54) is 11.8 Å². The molecule has 0 aliphatic carbocycles. The zero-order valence-electron chi connectivity index (χ0n) is 14.6. The number of hydrogen-bond donors (Lipinski definition) is 1. The predicted molar refractivity (Wildman–Crippen MR) is 101 cm³/mol. The fourth-order valence-electron chi connectivity index (χ4n) is 2.41. The van der Waals surface area contributed by atoms with Crippen LogP contribution in [-0.2, 0) is 0 Å². The number of carbonyl (C=O) groups excluding carboxylic acids is 1. The maximum atomic E-state index is 12.6. The van der Waals surface area contributed by atoms with E-state index in [1.807, 2.05) is 36.6 Å². The van der Waals surface area contributed by atoms with Crippen molar-refractivity contribution in [3.8, 4) is 17.3 Å². The lowest BCUT2D eigenvalue weighted by Crippen LogP contribution is -2.29. The topological polar surface area (TPSA) is 77.2 Å². The number of rotatable bonds is 7. The van der Waals surface area contributed by atoms with E-state index in [2.05, 4.69) is 15.3 Å². The average molecular weight is 369 g/mol. The average Bonchev–Trinajstić information content (AvgIpc) is 3.20. The molecule has 0 fully saturated rings. The molecule has 0 aliphatic heterocycles. The predicted octanol–water partition coefficient (Wildman–Crippen LogP) is 3.58. The smallest absolute Gasteiger partial charge is 0.256 e. The Kier molecular flexibility index (Phi) is 5.91. The highest BCUT2D eigenvalue weighted by atomic mass is 32.2. The number of furan rings is 1. The molecule has 2 heterocycles. The van der Waals surface area contributed by atoms with Gasteiger partial charge in [-0.25, -0.2) is 9.97 Å². The van der Waals surface area contributed by atoms with Crippen LogP contribution >= 0.6 is 11.8 Å². The van der Waals surface area contributed by atoms with Gasteiger partial charge in [0, 0.05) is 0 Å². The summed E-state index contributed by atoms with van der Waals surface area (Å²) in [4.78, 5) is 21.4. The summed E-state index contributed by atoms with van der Waals surface area (Å²) in [6.45, 7) is 2.57. The highest BCUT2D eigenvalue weighted by molar-refractivity contribution is 7.98. The molecule has 6 nitrogen and oxygen atoms in total. The number of carbonyl (C=O) groups is 1. The maximum absolute atomic E-state index is 12.6. The molecule has 1 aromatic carbocycles. The summed E-state index contributed by atoms with van der Waals surface area (Å²) in [7, 11) is 0. The highest BCUT2D eigenvalue weighted by Crippen LogP contribution is 2.25. The van der Waals surface area contributed by atoms with Crippen LogP contribution in [0.3, 0.4) is 0 Å². The number of aryl methyl sites for hydroxylation is 1. The molecule has 0 atom stereocenters. The molecule has 1 N–H and O–H groups in total.